The van der Waals surface area contributed by atoms with E-state index in [4.69, 9.17) is 32.4 Å². The molecule has 3 aromatic rings. The summed E-state index contributed by atoms with van der Waals surface area (Å²) < 4.78 is 24.9. The van der Waals surface area contributed by atoms with Crippen molar-refractivity contribution in [3.8, 4) is 5.75 Å². The van der Waals surface area contributed by atoms with Crippen LogP contribution in [-0.4, -0.2) is 10.2 Å². The van der Waals surface area contributed by atoms with Gasteiger partial charge in [0.15, 0.2) is 6.10 Å². The van der Waals surface area contributed by atoms with Crippen molar-refractivity contribution in [1.29, 1.82) is 0 Å². The summed E-state index contributed by atoms with van der Waals surface area (Å²) in [6.07, 6.45) is -0.492. The van der Waals surface area contributed by atoms with E-state index in [1.165, 1.54) is 17.8 Å². The Balaban J connectivity index is 1.63. The molecule has 0 aliphatic heterocycles. The number of ether oxygens (including phenoxy) is 1. The molecular weight excluding hydrogens is 386 g/mol. The zero-order valence-corrected chi connectivity index (χ0v) is 15.4. The maximum atomic E-state index is 13.6. The van der Waals surface area contributed by atoms with Crippen LogP contribution in [0, 0.1) is 5.82 Å². The molecule has 1 aromatic heterocycles. The molecular formula is C17H13Cl2FN2O2S. The molecule has 0 fully saturated rings. The highest BCUT2D eigenvalue weighted by Crippen LogP contribution is 2.32. The van der Waals surface area contributed by atoms with E-state index >= 15 is 0 Å². The van der Waals surface area contributed by atoms with Crippen molar-refractivity contribution in [2.45, 2.75) is 24.0 Å². The normalized spacial score (nSPS) is 12.2. The number of aromatic nitrogens is 2. The van der Waals surface area contributed by atoms with Gasteiger partial charge in [0, 0.05) is 10.8 Å². The Morgan fingerprint density at radius 1 is 1.20 bits per heavy atom. The molecule has 0 radical (unpaired) electrons. The van der Waals surface area contributed by atoms with Crippen LogP contribution in [0.15, 0.2) is 52.1 Å². The Morgan fingerprint density at radius 3 is 2.76 bits per heavy atom. The zero-order chi connectivity index (χ0) is 17.8. The predicted octanol–water partition coefficient (Wildman–Crippen LogP) is 5.95. The fourth-order valence-electron chi connectivity index (χ4n) is 2.01. The largest absolute Gasteiger partial charge is 0.479 e. The van der Waals surface area contributed by atoms with Gasteiger partial charge in [-0.25, -0.2) is 4.39 Å². The first-order chi connectivity index (χ1) is 12.0. The van der Waals surface area contributed by atoms with Crippen molar-refractivity contribution in [1.82, 2.24) is 10.2 Å². The molecule has 0 spiro atoms. The fraction of sp³-hybridized carbons (Fsp3) is 0.176. The first-order valence-electron chi connectivity index (χ1n) is 7.34. The zero-order valence-electron chi connectivity index (χ0n) is 13.1. The third-order valence-electron chi connectivity index (χ3n) is 3.28. The number of thioether (sulfide) groups is 1. The van der Waals surface area contributed by atoms with E-state index in [-0.39, 0.29) is 5.82 Å². The maximum absolute atomic E-state index is 13.6. The predicted molar refractivity (Wildman–Crippen MR) is 95.8 cm³/mol. The molecule has 130 valence electrons. The van der Waals surface area contributed by atoms with Crippen molar-refractivity contribution in [2.75, 3.05) is 0 Å². The average Bonchev–Trinajstić information content (AvgIpc) is 3.06. The Morgan fingerprint density at radius 2 is 2.00 bits per heavy atom. The highest BCUT2D eigenvalue weighted by atomic mass is 35.5. The van der Waals surface area contributed by atoms with Gasteiger partial charge in [0.2, 0.25) is 0 Å². The molecule has 2 aromatic carbocycles. The SMILES string of the molecule is C[C@@H](Oc1ccc(Cl)cc1Cl)c1nnc(SCc2ccccc2F)o1. The number of nitrogens with zero attached hydrogens (tertiary/aromatic N) is 2. The number of hydrogen-bond acceptors (Lipinski definition) is 5. The van der Waals surface area contributed by atoms with Crippen LogP contribution >= 0.6 is 35.0 Å². The highest BCUT2D eigenvalue weighted by Gasteiger charge is 2.17. The van der Waals surface area contributed by atoms with E-state index in [9.17, 15) is 4.39 Å². The monoisotopic (exact) mass is 398 g/mol. The molecule has 0 unspecified atom stereocenters. The first kappa shape index (κ1) is 18.0. The van der Waals surface area contributed by atoms with Gasteiger partial charge in [-0.05, 0) is 36.8 Å². The lowest BCUT2D eigenvalue weighted by Crippen LogP contribution is -2.03. The molecule has 1 atom stereocenters. The molecule has 3 rings (SSSR count). The van der Waals surface area contributed by atoms with E-state index < -0.39 is 6.10 Å². The van der Waals surface area contributed by atoms with Gasteiger partial charge in [-0.3, -0.25) is 0 Å². The summed E-state index contributed by atoms with van der Waals surface area (Å²) >= 11 is 13.2. The lowest BCUT2D eigenvalue weighted by atomic mass is 10.2. The molecule has 0 bridgehead atoms. The van der Waals surface area contributed by atoms with E-state index in [0.717, 1.165) is 0 Å². The van der Waals surface area contributed by atoms with Gasteiger partial charge in [0.1, 0.15) is 11.6 Å². The minimum Gasteiger partial charge on any atom is -0.479 e. The standard InChI is InChI=1S/C17H13Cl2FN2O2S/c1-10(23-15-7-6-12(18)8-13(15)19)16-21-22-17(24-16)25-9-11-4-2-3-5-14(11)20/h2-8,10H,9H2,1H3/t10-/m1/s1. The van der Waals surface area contributed by atoms with E-state index in [0.29, 0.717) is 38.2 Å². The van der Waals surface area contributed by atoms with E-state index in [2.05, 4.69) is 10.2 Å². The summed E-state index contributed by atoms with van der Waals surface area (Å²) in [5.41, 5.74) is 0.574. The molecule has 0 N–H and O–H groups in total. The quantitative estimate of drug-likeness (QED) is 0.480. The second-order valence-corrected chi connectivity index (χ2v) is 6.89. The van der Waals surface area contributed by atoms with E-state index in [1.54, 1.807) is 43.3 Å². The van der Waals surface area contributed by atoms with Crippen molar-refractivity contribution < 1.29 is 13.5 Å². The van der Waals surface area contributed by atoms with Crippen LogP contribution in [0.1, 0.15) is 24.5 Å². The lowest BCUT2D eigenvalue weighted by Gasteiger charge is -2.12. The summed E-state index contributed by atoms with van der Waals surface area (Å²) in [7, 11) is 0. The number of rotatable bonds is 6. The third-order valence-corrected chi connectivity index (χ3v) is 4.67. The Kier molecular flexibility index (Phi) is 5.83. The van der Waals surface area contributed by atoms with Crippen molar-refractivity contribution >= 4 is 35.0 Å². The van der Waals surface area contributed by atoms with Crippen molar-refractivity contribution in [3.05, 3.63) is 69.8 Å². The number of benzene rings is 2. The molecule has 4 nitrogen and oxygen atoms in total. The summed E-state index contributed by atoms with van der Waals surface area (Å²) in [5, 5.41) is 9.18. The minimum absolute atomic E-state index is 0.260. The maximum Gasteiger partial charge on any atom is 0.277 e. The molecule has 1 heterocycles. The second-order valence-electron chi connectivity index (χ2n) is 5.12. The van der Waals surface area contributed by atoms with Crippen LogP contribution < -0.4 is 4.74 Å². The van der Waals surface area contributed by atoms with Gasteiger partial charge < -0.3 is 9.15 Å². The van der Waals surface area contributed by atoms with Crippen LogP contribution in [0.2, 0.25) is 10.0 Å². The summed E-state index contributed by atoms with van der Waals surface area (Å²) in [4.78, 5) is 0. The summed E-state index contributed by atoms with van der Waals surface area (Å²) in [6, 6.07) is 11.5. The van der Waals surface area contributed by atoms with Crippen molar-refractivity contribution in [2.24, 2.45) is 0 Å². The molecule has 0 aliphatic rings. The van der Waals surface area contributed by atoms with Gasteiger partial charge in [-0.15, -0.1) is 10.2 Å². The first-order valence-corrected chi connectivity index (χ1v) is 9.08. The van der Waals surface area contributed by atoms with Gasteiger partial charge in [-0.1, -0.05) is 53.2 Å². The number of halogens is 3. The molecule has 25 heavy (non-hydrogen) atoms. The Bertz CT molecular complexity index is 875. The second kappa shape index (κ2) is 8.08. The molecule has 0 saturated heterocycles. The van der Waals surface area contributed by atoms with Crippen molar-refractivity contribution in [3.63, 3.8) is 0 Å². The third kappa shape index (κ3) is 4.66. The fourth-order valence-corrected chi connectivity index (χ4v) is 3.22. The van der Waals surface area contributed by atoms with Crippen LogP contribution in [0.4, 0.5) is 4.39 Å². The summed E-state index contributed by atoms with van der Waals surface area (Å²) in [6.45, 7) is 1.77. The van der Waals surface area contributed by atoms with Crippen LogP contribution in [-0.2, 0) is 5.75 Å². The molecule has 0 amide bonds. The molecule has 8 heteroatoms. The highest BCUT2D eigenvalue weighted by molar-refractivity contribution is 7.98. The molecule has 0 aliphatic carbocycles. The average molecular weight is 399 g/mol. The Labute approximate surface area is 158 Å². The van der Waals surface area contributed by atoms with Gasteiger partial charge >= 0.3 is 0 Å². The smallest absolute Gasteiger partial charge is 0.277 e. The van der Waals surface area contributed by atoms with Gasteiger partial charge in [0.25, 0.3) is 11.1 Å². The van der Waals surface area contributed by atoms with Crippen LogP contribution in [0.3, 0.4) is 0 Å². The summed E-state index contributed by atoms with van der Waals surface area (Å²) in [5.74, 6) is 0.912. The Hall–Kier alpha value is -1.76. The lowest BCUT2D eigenvalue weighted by molar-refractivity contribution is 0.182. The molecule has 0 saturated carbocycles. The minimum atomic E-state index is -0.492. The van der Waals surface area contributed by atoms with Gasteiger partial charge in [-0.2, -0.15) is 0 Å². The topological polar surface area (TPSA) is 48.2 Å². The van der Waals surface area contributed by atoms with Crippen LogP contribution in [0.5, 0.6) is 5.75 Å². The van der Waals surface area contributed by atoms with Crippen LogP contribution in [0.25, 0.3) is 0 Å². The number of hydrogen-bond donors (Lipinski definition) is 0. The van der Waals surface area contributed by atoms with E-state index in [1.807, 2.05) is 0 Å². The van der Waals surface area contributed by atoms with Gasteiger partial charge in [0.05, 0.1) is 5.02 Å².